The van der Waals surface area contributed by atoms with Gasteiger partial charge in [0.25, 0.3) is 0 Å². The van der Waals surface area contributed by atoms with Crippen molar-refractivity contribution in [2.45, 2.75) is 13.3 Å². The Balaban J connectivity index is 2.12. The number of anilines is 1. The standard InChI is InChI=1S/C11H16N4O/c1-9-6-10(12-4-3-5-16-2)15-11(7-9)13-8-14-15/h6-8,12H,3-5H2,1-2H3. The number of methoxy groups -OCH3 is 1. The van der Waals surface area contributed by atoms with Gasteiger partial charge in [0.05, 0.1) is 0 Å². The molecule has 5 nitrogen and oxygen atoms in total. The lowest BCUT2D eigenvalue weighted by Gasteiger charge is -2.08. The molecule has 5 heteroatoms. The SMILES string of the molecule is COCCCNc1cc(C)cc2ncnn12. The minimum absolute atomic E-state index is 0.763. The van der Waals surface area contributed by atoms with Crippen LogP contribution >= 0.6 is 0 Å². The van der Waals surface area contributed by atoms with Gasteiger partial charge in [0.1, 0.15) is 12.1 Å². The second kappa shape index (κ2) is 4.94. The van der Waals surface area contributed by atoms with Crippen LogP contribution in [0.3, 0.4) is 0 Å². The van der Waals surface area contributed by atoms with Crippen LogP contribution in [0, 0.1) is 6.92 Å². The van der Waals surface area contributed by atoms with Gasteiger partial charge < -0.3 is 10.1 Å². The zero-order valence-electron chi connectivity index (χ0n) is 9.60. The summed E-state index contributed by atoms with van der Waals surface area (Å²) in [5.41, 5.74) is 2.05. The molecule has 86 valence electrons. The van der Waals surface area contributed by atoms with E-state index in [9.17, 15) is 0 Å². The van der Waals surface area contributed by atoms with Crippen LogP contribution in [0.2, 0.25) is 0 Å². The van der Waals surface area contributed by atoms with Gasteiger partial charge in [-0.25, -0.2) is 4.98 Å². The van der Waals surface area contributed by atoms with Crippen molar-refractivity contribution in [3.05, 3.63) is 24.0 Å². The molecule has 0 spiro atoms. The monoisotopic (exact) mass is 220 g/mol. The molecule has 0 saturated carbocycles. The molecule has 0 bridgehead atoms. The zero-order chi connectivity index (χ0) is 11.4. The second-order valence-corrected chi connectivity index (χ2v) is 3.72. The first-order valence-corrected chi connectivity index (χ1v) is 5.34. The average molecular weight is 220 g/mol. The fourth-order valence-electron chi connectivity index (χ4n) is 1.62. The molecule has 0 aliphatic rings. The number of hydrogen-bond donors (Lipinski definition) is 1. The van der Waals surface area contributed by atoms with Gasteiger partial charge in [-0.1, -0.05) is 0 Å². The van der Waals surface area contributed by atoms with E-state index in [-0.39, 0.29) is 0 Å². The van der Waals surface area contributed by atoms with Gasteiger partial charge in [-0.2, -0.15) is 9.61 Å². The van der Waals surface area contributed by atoms with Crippen LogP contribution in [0.1, 0.15) is 12.0 Å². The van der Waals surface area contributed by atoms with Gasteiger partial charge >= 0.3 is 0 Å². The highest BCUT2D eigenvalue weighted by atomic mass is 16.5. The first kappa shape index (κ1) is 10.9. The quantitative estimate of drug-likeness (QED) is 0.775. The number of nitrogens with one attached hydrogen (secondary N) is 1. The molecule has 0 radical (unpaired) electrons. The van der Waals surface area contributed by atoms with E-state index < -0.39 is 0 Å². The second-order valence-electron chi connectivity index (χ2n) is 3.72. The van der Waals surface area contributed by atoms with E-state index in [1.807, 2.05) is 6.07 Å². The van der Waals surface area contributed by atoms with E-state index in [0.717, 1.165) is 31.0 Å². The van der Waals surface area contributed by atoms with Gasteiger partial charge in [0.15, 0.2) is 5.65 Å². The molecular weight excluding hydrogens is 204 g/mol. The molecule has 0 amide bonds. The summed E-state index contributed by atoms with van der Waals surface area (Å²) in [6, 6.07) is 4.07. The summed E-state index contributed by atoms with van der Waals surface area (Å²) in [6.45, 7) is 3.68. The summed E-state index contributed by atoms with van der Waals surface area (Å²) < 4.78 is 6.81. The Hall–Kier alpha value is -1.62. The van der Waals surface area contributed by atoms with Crippen molar-refractivity contribution < 1.29 is 4.74 Å². The van der Waals surface area contributed by atoms with Crippen molar-refractivity contribution in [1.82, 2.24) is 14.6 Å². The zero-order valence-corrected chi connectivity index (χ0v) is 9.60. The summed E-state index contributed by atoms with van der Waals surface area (Å²) in [5.74, 6) is 0.976. The average Bonchev–Trinajstić information content (AvgIpc) is 2.72. The minimum Gasteiger partial charge on any atom is -0.385 e. The lowest BCUT2D eigenvalue weighted by atomic mass is 10.3. The number of fused-ring (bicyclic) bond motifs is 1. The molecule has 0 aliphatic carbocycles. The number of aromatic nitrogens is 3. The predicted octanol–water partition coefficient (Wildman–Crippen LogP) is 1.49. The first-order chi connectivity index (χ1) is 7.81. The van der Waals surface area contributed by atoms with Crippen LogP contribution < -0.4 is 5.32 Å². The number of nitrogens with zero attached hydrogens (tertiary/aromatic N) is 3. The van der Waals surface area contributed by atoms with Crippen LogP contribution in [0.4, 0.5) is 5.82 Å². The van der Waals surface area contributed by atoms with E-state index in [1.54, 1.807) is 18.0 Å². The molecule has 2 heterocycles. The van der Waals surface area contributed by atoms with Gasteiger partial charge in [-0.05, 0) is 31.0 Å². The Labute approximate surface area is 94.4 Å². The van der Waals surface area contributed by atoms with E-state index in [2.05, 4.69) is 28.4 Å². The molecule has 2 rings (SSSR count). The molecule has 0 atom stereocenters. The summed E-state index contributed by atoms with van der Waals surface area (Å²) in [7, 11) is 1.71. The number of pyridine rings is 1. The number of ether oxygens (including phenoxy) is 1. The Morgan fingerprint density at radius 1 is 1.44 bits per heavy atom. The largest absolute Gasteiger partial charge is 0.385 e. The van der Waals surface area contributed by atoms with Gasteiger partial charge in [-0.3, -0.25) is 0 Å². The Morgan fingerprint density at radius 2 is 2.31 bits per heavy atom. The number of rotatable bonds is 5. The lowest BCUT2D eigenvalue weighted by molar-refractivity contribution is 0.197. The lowest BCUT2D eigenvalue weighted by Crippen LogP contribution is -2.08. The maximum Gasteiger partial charge on any atom is 0.157 e. The summed E-state index contributed by atoms with van der Waals surface area (Å²) in [5, 5.41) is 7.50. The van der Waals surface area contributed by atoms with Gasteiger partial charge in [-0.15, -0.1) is 0 Å². The van der Waals surface area contributed by atoms with Crippen molar-refractivity contribution in [3.8, 4) is 0 Å². The van der Waals surface area contributed by atoms with Crippen molar-refractivity contribution in [3.63, 3.8) is 0 Å². The Kier molecular flexibility index (Phi) is 3.36. The third-order valence-corrected chi connectivity index (χ3v) is 2.35. The van der Waals surface area contributed by atoms with Gasteiger partial charge in [0, 0.05) is 20.3 Å². The molecule has 2 aromatic heterocycles. The van der Waals surface area contributed by atoms with Gasteiger partial charge in [0.2, 0.25) is 0 Å². The normalized spacial score (nSPS) is 10.9. The third-order valence-electron chi connectivity index (χ3n) is 2.35. The molecule has 2 aromatic rings. The summed E-state index contributed by atoms with van der Waals surface area (Å²) >= 11 is 0. The minimum atomic E-state index is 0.763. The first-order valence-electron chi connectivity index (χ1n) is 5.34. The highest BCUT2D eigenvalue weighted by Crippen LogP contribution is 2.12. The van der Waals surface area contributed by atoms with E-state index in [0.29, 0.717) is 0 Å². The van der Waals surface area contributed by atoms with Crippen molar-refractivity contribution in [2.24, 2.45) is 0 Å². The fourth-order valence-corrected chi connectivity index (χ4v) is 1.62. The van der Waals surface area contributed by atoms with Crippen molar-refractivity contribution in [1.29, 1.82) is 0 Å². The van der Waals surface area contributed by atoms with Crippen LogP contribution in [0.5, 0.6) is 0 Å². The summed E-state index contributed by atoms with van der Waals surface area (Å²) in [6.07, 6.45) is 2.54. The van der Waals surface area contributed by atoms with E-state index >= 15 is 0 Å². The smallest absolute Gasteiger partial charge is 0.157 e. The maximum atomic E-state index is 5.00. The maximum absolute atomic E-state index is 5.00. The molecule has 0 saturated heterocycles. The molecule has 0 unspecified atom stereocenters. The van der Waals surface area contributed by atoms with Crippen LogP contribution in [-0.2, 0) is 4.74 Å². The topological polar surface area (TPSA) is 51.5 Å². The highest BCUT2D eigenvalue weighted by molar-refractivity contribution is 5.51. The molecule has 1 N–H and O–H groups in total. The number of hydrogen-bond acceptors (Lipinski definition) is 4. The van der Waals surface area contributed by atoms with E-state index in [1.165, 1.54) is 5.56 Å². The molecule has 0 aliphatic heterocycles. The van der Waals surface area contributed by atoms with Crippen molar-refractivity contribution in [2.75, 3.05) is 25.6 Å². The van der Waals surface area contributed by atoms with Crippen LogP contribution in [-0.4, -0.2) is 34.9 Å². The Morgan fingerprint density at radius 3 is 3.12 bits per heavy atom. The molecule has 0 fully saturated rings. The van der Waals surface area contributed by atoms with Crippen LogP contribution in [0.15, 0.2) is 18.5 Å². The van der Waals surface area contributed by atoms with Crippen molar-refractivity contribution >= 4 is 11.5 Å². The third kappa shape index (κ3) is 2.30. The van der Waals surface area contributed by atoms with E-state index in [4.69, 9.17) is 4.74 Å². The fraction of sp³-hybridized carbons (Fsp3) is 0.455. The molecule has 16 heavy (non-hydrogen) atoms. The predicted molar refractivity (Wildman–Crippen MR) is 62.7 cm³/mol. The summed E-state index contributed by atoms with van der Waals surface area (Å²) in [4.78, 5) is 4.17. The molecular formula is C11H16N4O. The molecule has 0 aromatic carbocycles. The number of aryl methyl sites for hydroxylation is 1. The highest BCUT2D eigenvalue weighted by Gasteiger charge is 2.02. The Bertz CT molecular complexity index is 466. The van der Waals surface area contributed by atoms with Crippen LogP contribution in [0.25, 0.3) is 5.65 Å².